The van der Waals surface area contributed by atoms with Gasteiger partial charge in [0.15, 0.2) is 0 Å². The molecular formula is C24H20N2O2S. The number of rotatable bonds is 6. The van der Waals surface area contributed by atoms with Gasteiger partial charge in [0, 0.05) is 22.2 Å². The van der Waals surface area contributed by atoms with Gasteiger partial charge < -0.3 is 10.1 Å². The fourth-order valence-corrected chi connectivity index (χ4v) is 3.81. The van der Waals surface area contributed by atoms with E-state index in [1.54, 1.807) is 18.4 Å². The second-order valence-corrected chi connectivity index (χ2v) is 7.41. The summed E-state index contributed by atoms with van der Waals surface area (Å²) in [7, 11) is 1.62. The standard InChI is InChI=1S/C24H20N2O2S/c1-28-21-13-7-17(8-14-21)15-23(27)25-20-11-9-18(10-12-20)22-16-29-24(26-22)19-5-3-2-4-6-19/h2-14,16H,15H2,1H3,(H,25,27). The van der Waals surface area contributed by atoms with Gasteiger partial charge in [-0.15, -0.1) is 11.3 Å². The number of anilines is 1. The molecule has 1 heterocycles. The predicted molar refractivity (Wildman–Crippen MR) is 118 cm³/mol. The van der Waals surface area contributed by atoms with Crippen molar-refractivity contribution in [1.29, 1.82) is 0 Å². The topological polar surface area (TPSA) is 51.2 Å². The number of carbonyl (C=O) groups is 1. The highest BCUT2D eigenvalue weighted by Gasteiger charge is 2.08. The van der Waals surface area contributed by atoms with E-state index in [2.05, 4.69) is 22.8 Å². The second kappa shape index (κ2) is 8.71. The summed E-state index contributed by atoms with van der Waals surface area (Å²) in [6.07, 6.45) is 0.318. The lowest BCUT2D eigenvalue weighted by Gasteiger charge is -2.07. The number of aromatic nitrogens is 1. The molecule has 0 bridgehead atoms. The largest absolute Gasteiger partial charge is 0.497 e. The van der Waals surface area contributed by atoms with Crippen LogP contribution in [0.5, 0.6) is 5.75 Å². The first kappa shape index (κ1) is 18.9. The van der Waals surface area contributed by atoms with E-state index in [4.69, 9.17) is 9.72 Å². The summed E-state index contributed by atoms with van der Waals surface area (Å²) in [6.45, 7) is 0. The molecule has 0 aliphatic heterocycles. The average Bonchev–Trinajstić information content (AvgIpc) is 3.26. The van der Waals surface area contributed by atoms with Gasteiger partial charge in [-0.3, -0.25) is 4.79 Å². The van der Waals surface area contributed by atoms with Crippen molar-refractivity contribution in [3.63, 3.8) is 0 Å². The Bertz CT molecular complexity index is 1090. The first-order valence-electron chi connectivity index (χ1n) is 9.25. The van der Waals surface area contributed by atoms with Crippen LogP contribution in [0.1, 0.15) is 5.56 Å². The second-order valence-electron chi connectivity index (χ2n) is 6.55. The van der Waals surface area contributed by atoms with Crippen molar-refractivity contribution in [3.8, 4) is 27.6 Å². The molecule has 4 rings (SSSR count). The molecule has 5 heteroatoms. The van der Waals surface area contributed by atoms with Crippen LogP contribution in [0.3, 0.4) is 0 Å². The summed E-state index contributed by atoms with van der Waals surface area (Å²) in [5.41, 5.74) is 4.79. The zero-order valence-electron chi connectivity index (χ0n) is 16.0. The number of carbonyl (C=O) groups excluding carboxylic acids is 1. The molecule has 0 saturated heterocycles. The van der Waals surface area contributed by atoms with Crippen LogP contribution in [0.25, 0.3) is 21.8 Å². The van der Waals surface area contributed by atoms with Gasteiger partial charge in [-0.1, -0.05) is 54.6 Å². The van der Waals surface area contributed by atoms with E-state index in [1.807, 2.05) is 66.7 Å². The number of ether oxygens (including phenoxy) is 1. The van der Waals surface area contributed by atoms with Crippen LogP contribution in [-0.4, -0.2) is 18.0 Å². The predicted octanol–water partition coefficient (Wildman–Crippen LogP) is 5.67. The monoisotopic (exact) mass is 400 g/mol. The minimum Gasteiger partial charge on any atom is -0.497 e. The van der Waals surface area contributed by atoms with Crippen LogP contribution in [0.2, 0.25) is 0 Å². The average molecular weight is 401 g/mol. The quantitative estimate of drug-likeness (QED) is 0.454. The Kier molecular flexibility index (Phi) is 5.68. The van der Waals surface area contributed by atoms with Crippen LogP contribution in [0.4, 0.5) is 5.69 Å². The third kappa shape index (κ3) is 4.70. The Hall–Kier alpha value is -3.44. The normalized spacial score (nSPS) is 10.5. The maximum Gasteiger partial charge on any atom is 0.228 e. The SMILES string of the molecule is COc1ccc(CC(=O)Nc2ccc(-c3csc(-c4ccccc4)n3)cc2)cc1. The highest BCUT2D eigenvalue weighted by Crippen LogP contribution is 2.29. The number of hydrogen-bond acceptors (Lipinski definition) is 4. The molecular weight excluding hydrogens is 380 g/mol. The smallest absolute Gasteiger partial charge is 0.228 e. The van der Waals surface area contributed by atoms with E-state index in [9.17, 15) is 4.79 Å². The molecule has 0 atom stereocenters. The Morgan fingerprint density at radius 2 is 1.66 bits per heavy atom. The number of nitrogens with one attached hydrogen (secondary N) is 1. The summed E-state index contributed by atoms with van der Waals surface area (Å²) in [6, 6.07) is 25.4. The van der Waals surface area contributed by atoms with Crippen LogP contribution in [-0.2, 0) is 11.2 Å². The first-order valence-corrected chi connectivity index (χ1v) is 10.1. The summed E-state index contributed by atoms with van der Waals surface area (Å²) in [5.74, 6) is 0.727. The Labute approximate surface area is 173 Å². The van der Waals surface area contributed by atoms with E-state index in [-0.39, 0.29) is 5.91 Å². The number of methoxy groups -OCH3 is 1. The van der Waals surface area contributed by atoms with Gasteiger partial charge in [-0.25, -0.2) is 4.98 Å². The Balaban J connectivity index is 1.40. The molecule has 0 unspecified atom stereocenters. The van der Waals surface area contributed by atoms with Crippen LogP contribution in [0, 0.1) is 0 Å². The fraction of sp³-hybridized carbons (Fsp3) is 0.0833. The van der Waals surface area contributed by atoms with E-state index in [1.165, 1.54) is 0 Å². The van der Waals surface area contributed by atoms with E-state index in [0.29, 0.717) is 6.42 Å². The number of thiazole rings is 1. The van der Waals surface area contributed by atoms with Crippen molar-refractivity contribution >= 4 is 22.9 Å². The molecule has 0 radical (unpaired) electrons. The fourth-order valence-electron chi connectivity index (χ4n) is 2.98. The maximum absolute atomic E-state index is 12.3. The van der Waals surface area contributed by atoms with Gasteiger partial charge in [0.25, 0.3) is 0 Å². The number of hydrogen-bond donors (Lipinski definition) is 1. The summed E-state index contributed by atoms with van der Waals surface area (Å²) >= 11 is 1.63. The van der Waals surface area contributed by atoms with Gasteiger partial charge >= 0.3 is 0 Å². The molecule has 0 fully saturated rings. The lowest BCUT2D eigenvalue weighted by molar-refractivity contribution is -0.115. The van der Waals surface area contributed by atoms with Crippen molar-refractivity contribution in [3.05, 3.63) is 89.8 Å². The molecule has 0 saturated carbocycles. The summed E-state index contributed by atoms with van der Waals surface area (Å²) < 4.78 is 5.14. The third-order valence-electron chi connectivity index (χ3n) is 4.51. The van der Waals surface area contributed by atoms with Crippen molar-refractivity contribution in [2.75, 3.05) is 12.4 Å². The molecule has 3 aromatic carbocycles. The minimum absolute atomic E-state index is 0.0528. The Morgan fingerprint density at radius 3 is 2.34 bits per heavy atom. The Morgan fingerprint density at radius 1 is 0.931 bits per heavy atom. The molecule has 0 spiro atoms. The maximum atomic E-state index is 12.3. The number of amides is 1. The van der Waals surface area contributed by atoms with Gasteiger partial charge in [0.2, 0.25) is 5.91 Å². The lowest BCUT2D eigenvalue weighted by atomic mass is 10.1. The van der Waals surface area contributed by atoms with Gasteiger partial charge in [-0.05, 0) is 29.8 Å². The van der Waals surface area contributed by atoms with Crippen LogP contribution in [0.15, 0.2) is 84.2 Å². The van der Waals surface area contributed by atoms with E-state index < -0.39 is 0 Å². The first-order chi connectivity index (χ1) is 14.2. The van der Waals surface area contributed by atoms with Gasteiger partial charge in [-0.2, -0.15) is 0 Å². The lowest BCUT2D eigenvalue weighted by Crippen LogP contribution is -2.14. The number of nitrogens with zero attached hydrogens (tertiary/aromatic N) is 1. The van der Waals surface area contributed by atoms with E-state index >= 15 is 0 Å². The molecule has 0 aliphatic rings. The molecule has 1 N–H and O–H groups in total. The van der Waals surface area contributed by atoms with Gasteiger partial charge in [0.1, 0.15) is 10.8 Å². The van der Waals surface area contributed by atoms with Crippen molar-refractivity contribution < 1.29 is 9.53 Å². The molecule has 144 valence electrons. The summed E-state index contributed by atoms with van der Waals surface area (Å²) in [4.78, 5) is 17.0. The highest BCUT2D eigenvalue weighted by atomic mass is 32.1. The minimum atomic E-state index is -0.0528. The molecule has 29 heavy (non-hydrogen) atoms. The van der Waals surface area contributed by atoms with Gasteiger partial charge in [0.05, 0.1) is 19.2 Å². The third-order valence-corrected chi connectivity index (χ3v) is 5.40. The van der Waals surface area contributed by atoms with Crippen molar-refractivity contribution in [1.82, 2.24) is 4.98 Å². The van der Waals surface area contributed by atoms with E-state index in [0.717, 1.165) is 38.8 Å². The molecule has 1 aromatic heterocycles. The highest BCUT2D eigenvalue weighted by molar-refractivity contribution is 7.13. The van der Waals surface area contributed by atoms with Crippen molar-refractivity contribution in [2.24, 2.45) is 0 Å². The molecule has 4 aromatic rings. The summed E-state index contributed by atoms with van der Waals surface area (Å²) in [5, 5.41) is 5.99. The zero-order chi connectivity index (χ0) is 20.1. The molecule has 4 nitrogen and oxygen atoms in total. The zero-order valence-corrected chi connectivity index (χ0v) is 16.8. The number of benzene rings is 3. The molecule has 1 amide bonds. The van der Waals surface area contributed by atoms with Crippen LogP contribution >= 0.6 is 11.3 Å². The molecule has 0 aliphatic carbocycles. The van der Waals surface area contributed by atoms with Crippen molar-refractivity contribution in [2.45, 2.75) is 6.42 Å². The van der Waals surface area contributed by atoms with Crippen LogP contribution < -0.4 is 10.1 Å².